The largest absolute Gasteiger partial charge is 0.416 e. The van der Waals surface area contributed by atoms with Gasteiger partial charge in [0.1, 0.15) is 0 Å². The Morgan fingerprint density at radius 2 is 2.15 bits per heavy atom. The fourth-order valence-electron chi connectivity index (χ4n) is 3.35. The molecular formula is C19H27F3N2O2. The molecule has 26 heavy (non-hydrogen) atoms. The summed E-state index contributed by atoms with van der Waals surface area (Å²) in [5.41, 5.74) is -0.617. The average Bonchev–Trinajstić information content (AvgIpc) is 2.90. The fourth-order valence-corrected chi connectivity index (χ4v) is 3.35. The first-order valence-corrected chi connectivity index (χ1v) is 8.94. The van der Waals surface area contributed by atoms with Crippen LogP contribution in [0, 0.1) is 11.3 Å². The van der Waals surface area contributed by atoms with Gasteiger partial charge in [0, 0.05) is 18.5 Å². The Hall–Kier alpha value is -1.76. The summed E-state index contributed by atoms with van der Waals surface area (Å²) in [7, 11) is 0. The standard InChI is InChI=1S/C19H27F3N2O2/c1-4-6-16(14-7-5-8-15(9-14)19(20,21)22)23-17(26)24-10-13(2)18(3,11-24)12-25/h5,7-9,13,16,25H,4,6,10-12H2,1-3H3,(H,23,26). The molecular weight excluding hydrogens is 345 g/mol. The SMILES string of the molecule is CCCC(NC(=O)N1CC(C)C(C)(CO)C1)c1cccc(C(F)(F)F)c1. The summed E-state index contributed by atoms with van der Waals surface area (Å²) in [6.45, 7) is 6.78. The fraction of sp³-hybridized carbons (Fsp3) is 0.632. The lowest BCUT2D eigenvalue weighted by atomic mass is 9.82. The molecule has 0 bridgehead atoms. The number of alkyl halides is 3. The molecule has 146 valence electrons. The lowest BCUT2D eigenvalue weighted by Crippen LogP contribution is -2.41. The lowest BCUT2D eigenvalue weighted by Gasteiger charge is -2.26. The number of amides is 2. The van der Waals surface area contributed by atoms with Gasteiger partial charge in [0.15, 0.2) is 0 Å². The molecule has 7 heteroatoms. The van der Waals surface area contributed by atoms with Crippen LogP contribution in [0.25, 0.3) is 0 Å². The third-order valence-corrected chi connectivity index (χ3v) is 5.38. The highest BCUT2D eigenvalue weighted by atomic mass is 19.4. The Morgan fingerprint density at radius 3 is 2.69 bits per heavy atom. The van der Waals surface area contributed by atoms with Gasteiger partial charge < -0.3 is 15.3 Å². The quantitative estimate of drug-likeness (QED) is 0.814. The number of aliphatic hydroxyl groups excluding tert-OH is 1. The Bertz CT molecular complexity index is 635. The first-order valence-electron chi connectivity index (χ1n) is 8.94. The Balaban J connectivity index is 2.15. The van der Waals surface area contributed by atoms with E-state index < -0.39 is 17.8 Å². The van der Waals surface area contributed by atoms with Gasteiger partial charge in [0.05, 0.1) is 18.2 Å². The van der Waals surface area contributed by atoms with Crippen LogP contribution in [0.4, 0.5) is 18.0 Å². The van der Waals surface area contributed by atoms with Crippen molar-refractivity contribution in [1.82, 2.24) is 10.2 Å². The molecule has 2 amide bonds. The van der Waals surface area contributed by atoms with Crippen LogP contribution in [0.1, 0.15) is 50.8 Å². The molecule has 3 unspecified atom stereocenters. The van der Waals surface area contributed by atoms with Gasteiger partial charge in [0.25, 0.3) is 0 Å². The zero-order valence-corrected chi connectivity index (χ0v) is 15.4. The number of benzene rings is 1. The van der Waals surface area contributed by atoms with Crippen molar-refractivity contribution in [3.05, 3.63) is 35.4 Å². The maximum Gasteiger partial charge on any atom is 0.416 e. The first kappa shape index (κ1) is 20.6. The van der Waals surface area contributed by atoms with Crippen LogP contribution in [-0.4, -0.2) is 35.7 Å². The van der Waals surface area contributed by atoms with Crippen molar-refractivity contribution in [3.63, 3.8) is 0 Å². The van der Waals surface area contributed by atoms with E-state index in [-0.39, 0.29) is 24.0 Å². The van der Waals surface area contributed by atoms with Gasteiger partial charge in [-0.05, 0) is 30.0 Å². The Labute approximate surface area is 152 Å². The smallest absolute Gasteiger partial charge is 0.396 e. The number of aliphatic hydroxyl groups is 1. The van der Waals surface area contributed by atoms with E-state index in [9.17, 15) is 23.1 Å². The van der Waals surface area contributed by atoms with Crippen molar-refractivity contribution in [2.75, 3.05) is 19.7 Å². The number of hydrogen-bond donors (Lipinski definition) is 2. The molecule has 4 nitrogen and oxygen atoms in total. The summed E-state index contributed by atoms with van der Waals surface area (Å²) in [6.07, 6.45) is -3.14. The zero-order valence-electron chi connectivity index (χ0n) is 15.4. The van der Waals surface area contributed by atoms with E-state index in [0.717, 1.165) is 18.6 Å². The van der Waals surface area contributed by atoms with Crippen LogP contribution in [0.15, 0.2) is 24.3 Å². The minimum absolute atomic E-state index is 0.00996. The van der Waals surface area contributed by atoms with Crippen molar-refractivity contribution >= 4 is 6.03 Å². The third kappa shape index (κ3) is 4.50. The highest BCUT2D eigenvalue weighted by Gasteiger charge is 2.42. The molecule has 2 rings (SSSR count). The maximum absolute atomic E-state index is 13.0. The number of rotatable bonds is 5. The van der Waals surface area contributed by atoms with Crippen LogP contribution in [0.2, 0.25) is 0 Å². The molecule has 1 aromatic carbocycles. The predicted molar refractivity (Wildman–Crippen MR) is 93.6 cm³/mol. The molecule has 1 fully saturated rings. The number of urea groups is 1. The molecule has 0 aromatic heterocycles. The number of carbonyl (C=O) groups is 1. The summed E-state index contributed by atoms with van der Waals surface area (Å²) in [6, 6.07) is 4.33. The van der Waals surface area contributed by atoms with Crippen molar-refractivity contribution in [2.24, 2.45) is 11.3 Å². The third-order valence-electron chi connectivity index (χ3n) is 5.38. The predicted octanol–water partition coefficient (Wildman–Crippen LogP) is 4.21. The highest BCUT2D eigenvalue weighted by molar-refractivity contribution is 5.75. The number of halogens is 3. The van der Waals surface area contributed by atoms with E-state index in [1.165, 1.54) is 6.07 Å². The van der Waals surface area contributed by atoms with Crippen molar-refractivity contribution < 1.29 is 23.1 Å². The summed E-state index contributed by atoms with van der Waals surface area (Å²) in [5, 5.41) is 12.5. The molecule has 0 radical (unpaired) electrons. The summed E-state index contributed by atoms with van der Waals surface area (Å²) < 4.78 is 38.9. The molecule has 3 atom stereocenters. The molecule has 1 aromatic rings. The van der Waals surface area contributed by atoms with Crippen LogP contribution < -0.4 is 5.32 Å². The molecule has 2 N–H and O–H groups in total. The van der Waals surface area contributed by atoms with Crippen LogP contribution in [0.5, 0.6) is 0 Å². The van der Waals surface area contributed by atoms with Crippen LogP contribution in [-0.2, 0) is 6.18 Å². The van der Waals surface area contributed by atoms with Gasteiger partial charge in [0.2, 0.25) is 0 Å². The second-order valence-corrected chi connectivity index (χ2v) is 7.51. The summed E-state index contributed by atoms with van der Waals surface area (Å²) in [4.78, 5) is 14.3. The molecule has 1 saturated heterocycles. The van der Waals surface area contributed by atoms with Gasteiger partial charge >= 0.3 is 12.2 Å². The van der Waals surface area contributed by atoms with Crippen molar-refractivity contribution in [1.29, 1.82) is 0 Å². The second-order valence-electron chi connectivity index (χ2n) is 7.51. The van der Waals surface area contributed by atoms with Gasteiger partial charge in [-0.15, -0.1) is 0 Å². The van der Waals surface area contributed by atoms with Gasteiger partial charge in [-0.25, -0.2) is 4.79 Å². The molecule has 0 aliphatic carbocycles. The molecule has 1 aliphatic heterocycles. The van der Waals surface area contributed by atoms with Gasteiger partial charge in [-0.1, -0.05) is 39.3 Å². The maximum atomic E-state index is 13.0. The number of carbonyl (C=O) groups excluding carboxylic acids is 1. The van der Waals surface area contributed by atoms with Crippen LogP contribution >= 0.6 is 0 Å². The van der Waals surface area contributed by atoms with E-state index in [4.69, 9.17) is 0 Å². The Kier molecular flexibility index (Phi) is 6.21. The van der Waals surface area contributed by atoms with E-state index in [1.807, 2.05) is 20.8 Å². The molecule has 1 aliphatic rings. The average molecular weight is 372 g/mol. The summed E-state index contributed by atoms with van der Waals surface area (Å²) in [5.74, 6) is 0.149. The van der Waals surface area contributed by atoms with Gasteiger partial charge in [-0.2, -0.15) is 13.2 Å². The van der Waals surface area contributed by atoms with E-state index in [0.29, 0.717) is 25.1 Å². The Morgan fingerprint density at radius 1 is 1.46 bits per heavy atom. The monoisotopic (exact) mass is 372 g/mol. The molecule has 0 saturated carbocycles. The highest BCUT2D eigenvalue weighted by Crippen LogP contribution is 2.35. The molecule has 1 heterocycles. The topological polar surface area (TPSA) is 52.6 Å². The van der Waals surface area contributed by atoms with E-state index in [2.05, 4.69) is 5.32 Å². The van der Waals surface area contributed by atoms with Crippen molar-refractivity contribution in [3.8, 4) is 0 Å². The van der Waals surface area contributed by atoms with Crippen LogP contribution in [0.3, 0.4) is 0 Å². The summed E-state index contributed by atoms with van der Waals surface area (Å²) >= 11 is 0. The van der Waals surface area contributed by atoms with E-state index in [1.54, 1.807) is 11.0 Å². The number of hydrogen-bond acceptors (Lipinski definition) is 2. The zero-order chi connectivity index (χ0) is 19.5. The number of likely N-dealkylation sites (tertiary alicyclic amines) is 1. The number of nitrogens with one attached hydrogen (secondary N) is 1. The van der Waals surface area contributed by atoms with Crippen molar-refractivity contribution in [2.45, 2.75) is 45.8 Å². The molecule has 0 spiro atoms. The second kappa shape index (κ2) is 7.86. The lowest BCUT2D eigenvalue weighted by molar-refractivity contribution is -0.137. The normalized spacial score (nSPS) is 24.6. The minimum atomic E-state index is -4.41. The number of nitrogens with zero attached hydrogens (tertiary/aromatic N) is 1. The van der Waals surface area contributed by atoms with Gasteiger partial charge in [-0.3, -0.25) is 0 Å². The first-order chi connectivity index (χ1) is 12.1. The minimum Gasteiger partial charge on any atom is -0.396 e. The van der Waals surface area contributed by atoms with E-state index >= 15 is 0 Å².